The Balaban J connectivity index is 2.76. The van der Waals surface area contributed by atoms with Gasteiger partial charge in [0.1, 0.15) is 0 Å². The molecule has 1 atom stereocenters. The van der Waals surface area contributed by atoms with Crippen molar-refractivity contribution in [1.82, 2.24) is 0 Å². The molecular formula is C16H25NO. The summed E-state index contributed by atoms with van der Waals surface area (Å²) in [6.07, 6.45) is 1.78. The highest BCUT2D eigenvalue weighted by Crippen LogP contribution is 2.23. The summed E-state index contributed by atoms with van der Waals surface area (Å²) in [5, 5.41) is 0. The molecule has 0 aromatic heterocycles. The van der Waals surface area contributed by atoms with Crippen LogP contribution in [0.25, 0.3) is 0 Å². The molecule has 0 aliphatic heterocycles. The van der Waals surface area contributed by atoms with E-state index in [4.69, 9.17) is 5.73 Å². The number of carbonyl (C=O) groups is 1. The lowest BCUT2D eigenvalue weighted by atomic mass is 9.85. The summed E-state index contributed by atoms with van der Waals surface area (Å²) in [6, 6.07) is 8.01. The van der Waals surface area contributed by atoms with Crippen molar-refractivity contribution in [1.29, 1.82) is 0 Å². The van der Waals surface area contributed by atoms with E-state index < -0.39 is 0 Å². The predicted molar refractivity (Wildman–Crippen MR) is 76.9 cm³/mol. The Bertz CT molecular complexity index is 387. The molecule has 2 nitrogen and oxygen atoms in total. The Kier molecular flexibility index (Phi) is 5.09. The molecule has 0 heterocycles. The maximum Gasteiger partial charge on any atom is 0.165 e. The van der Waals surface area contributed by atoms with E-state index in [-0.39, 0.29) is 17.1 Å². The molecule has 1 aromatic rings. The van der Waals surface area contributed by atoms with Crippen LogP contribution in [0, 0.1) is 5.92 Å². The van der Waals surface area contributed by atoms with Crippen LogP contribution in [0.2, 0.25) is 0 Å². The summed E-state index contributed by atoms with van der Waals surface area (Å²) in [6.45, 7) is 9.16. The van der Waals surface area contributed by atoms with Crippen molar-refractivity contribution < 1.29 is 4.79 Å². The molecule has 1 aromatic carbocycles. The zero-order valence-corrected chi connectivity index (χ0v) is 12.0. The SMILES string of the molecule is CC(CCCN)C(=O)c1ccc(C(C)(C)C)cc1. The van der Waals surface area contributed by atoms with Gasteiger partial charge in [-0.15, -0.1) is 0 Å². The van der Waals surface area contributed by atoms with Gasteiger partial charge in [-0.05, 0) is 30.4 Å². The van der Waals surface area contributed by atoms with Crippen LogP contribution in [0.1, 0.15) is 56.5 Å². The summed E-state index contributed by atoms with van der Waals surface area (Å²) in [7, 11) is 0. The molecule has 1 rings (SSSR count). The van der Waals surface area contributed by atoms with Crippen molar-refractivity contribution in [2.75, 3.05) is 6.54 Å². The van der Waals surface area contributed by atoms with E-state index in [0.717, 1.165) is 18.4 Å². The van der Waals surface area contributed by atoms with E-state index in [1.165, 1.54) is 5.56 Å². The topological polar surface area (TPSA) is 43.1 Å². The van der Waals surface area contributed by atoms with E-state index in [9.17, 15) is 4.79 Å². The van der Waals surface area contributed by atoms with Crippen molar-refractivity contribution >= 4 is 5.78 Å². The van der Waals surface area contributed by atoms with Gasteiger partial charge in [-0.25, -0.2) is 0 Å². The summed E-state index contributed by atoms with van der Waals surface area (Å²) in [4.78, 5) is 12.2. The molecule has 1 unspecified atom stereocenters. The Labute approximate surface area is 111 Å². The zero-order chi connectivity index (χ0) is 13.8. The van der Waals surface area contributed by atoms with Gasteiger partial charge >= 0.3 is 0 Å². The Morgan fingerprint density at radius 1 is 1.22 bits per heavy atom. The first-order valence-corrected chi connectivity index (χ1v) is 6.71. The van der Waals surface area contributed by atoms with Gasteiger partial charge in [0.25, 0.3) is 0 Å². The van der Waals surface area contributed by atoms with Gasteiger partial charge in [0.15, 0.2) is 5.78 Å². The number of nitrogens with two attached hydrogens (primary N) is 1. The summed E-state index contributed by atoms with van der Waals surface area (Å²) in [5.74, 6) is 0.290. The van der Waals surface area contributed by atoms with Gasteiger partial charge in [0.05, 0.1) is 0 Å². The molecule has 2 N–H and O–H groups in total. The van der Waals surface area contributed by atoms with Gasteiger partial charge in [-0.1, -0.05) is 52.0 Å². The second-order valence-corrected chi connectivity index (χ2v) is 6.02. The first-order valence-electron chi connectivity index (χ1n) is 6.71. The Hall–Kier alpha value is -1.15. The lowest BCUT2D eigenvalue weighted by Gasteiger charge is -2.19. The third kappa shape index (κ3) is 3.95. The van der Waals surface area contributed by atoms with Gasteiger partial charge in [0.2, 0.25) is 0 Å². The summed E-state index contributed by atoms with van der Waals surface area (Å²) in [5.41, 5.74) is 7.67. The minimum Gasteiger partial charge on any atom is -0.330 e. The minimum absolute atomic E-state index is 0.0639. The van der Waals surface area contributed by atoms with E-state index in [0.29, 0.717) is 6.54 Å². The molecule has 0 fully saturated rings. The van der Waals surface area contributed by atoms with Gasteiger partial charge < -0.3 is 5.73 Å². The van der Waals surface area contributed by atoms with Crippen LogP contribution in [0.5, 0.6) is 0 Å². The first kappa shape index (κ1) is 14.9. The molecule has 0 saturated carbocycles. The lowest BCUT2D eigenvalue weighted by Crippen LogP contribution is -2.15. The maximum atomic E-state index is 12.2. The molecule has 0 spiro atoms. The number of Topliss-reactive ketones (excluding diaryl/α,β-unsaturated/α-hetero) is 1. The molecule has 0 aliphatic carbocycles. The smallest absolute Gasteiger partial charge is 0.165 e. The standard InChI is InChI=1S/C16H25NO/c1-12(6-5-11-17)15(18)13-7-9-14(10-8-13)16(2,3)4/h7-10,12H,5-6,11,17H2,1-4H3. The molecule has 2 heteroatoms. The van der Waals surface area contributed by atoms with Crippen LogP contribution in [-0.4, -0.2) is 12.3 Å². The normalized spacial score (nSPS) is 13.4. The fraction of sp³-hybridized carbons (Fsp3) is 0.562. The molecule has 0 bridgehead atoms. The zero-order valence-electron chi connectivity index (χ0n) is 12.0. The van der Waals surface area contributed by atoms with Crippen LogP contribution in [0.15, 0.2) is 24.3 Å². The highest BCUT2D eigenvalue weighted by molar-refractivity contribution is 5.97. The number of hydrogen-bond donors (Lipinski definition) is 1. The van der Waals surface area contributed by atoms with E-state index in [2.05, 4.69) is 32.9 Å². The van der Waals surface area contributed by atoms with Crippen molar-refractivity contribution in [3.63, 3.8) is 0 Å². The van der Waals surface area contributed by atoms with Crippen LogP contribution in [-0.2, 0) is 5.41 Å². The number of carbonyl (C=O) groups excluding carboxylic acids is 1. The molecule has 0 radical (unpaired) electrons. The van der Waals surface area contributed by atoms with E-state index in [1.54, 1.807) is 0 Å². The van der Waals surface area contributed by atoms with E-state index in [1.807, 2.05) is 19.1 Å². The second kappa shape index (κ2) is 6.14. The largest absolute Gasteiger partial charge is 0.330 e. The molecule has 100 valence electrons. The summed E-state index contributed by atoms with van der Waals surface area (Å²) >= 11 is 0. The molecule has 0 aliphatic rings. The summed E-state index contributed by atoms with van der Waals surface area (Å²) < 4.78 is 0. The fourth-order valence-electron chi connectivity index (χ4n) is 1.97. The monoisotopic (exact) mass is 247 g/mol. The van der Waals surface area contributed by atoms with Crippen molar-refractivity contribution in [2.24, 2.45) is 11.7 Å². The molecule has 0 saturated heterocycles. The highest BCUT2D eigenvalue weighted by Gasteiger charge is 2.17. The average molecular weight is 247 g/mol. The van der Waals surface area contributed by atoms with Crippen molar-refractivity contribution in [2.45, 2.75) is 46.0 Å². The number of rotatable bonds is 5. The highest BCUT2D eigenvalue weighted by atomic mass is 16.1. The molecule has 0 amide bonds. The number of hydrogen-bond acceptors (Lipinski definition) is 2. The van der Waals surface area contributed by atoms with Crippen LogP contribution in [0.3, 0.4) is 0 Å². The lowest BCUT2D eigenvalue weighted by molar-refractivity contribution is 0.0923. The Morgan fingerprint density at radius 3 is 2.22 bits per heavy atom. The number of ketones is 1. The minimum atomic E-state index is 0.0639. The molecular weight excluding hydrogens is 222 g/mol. The van der Waals surface area contributed by atoms with Crippen LogP contribution in [0.4, 0.5) is 0 Å². The molecule has 18 heavy (non-hydrogen) atoms. The van der Waals surface area contributed by atoms with Crippen LogP contribution < -0.4 is 5.73 Å². The van der Waals surface area contributed by atoms with Gasteiger partial charge in [-0.2, -0.15) is 0 Å². The third-order valence-electron chi connectivity index (χ3n) is 3.32. The average Bonchev–Trinajstić information content (AvgIpc) is 2.34. The number of benzene rings is 1. The maximum absolute atomic E-state index is 12.2. The first-order chi connectivity index (χ1) is 8.36. The van der Waals surface area contributed by atoms with E-state index >= 15 is 0 Å². The van der Waals surface area contributed by atoms with Crippen molar-refractivity contribution in [3.8, 4) is 0 Å². The quantitative estimate of drug-likeness (QED) is 0.809. The van der Waals surface area contributed by atoms with Crippen LogP contribution >= 0.6 is 0 Å². The Morgan fingerprint density at radius 2 is 1.78 bits per heavy atom. The van der Waals surface area contributed by atoms with Crippen molar-refractivity contribution in [3.05, 3.63) is 35.4 Å². The third-order valence-corrected chi connectivity index (χ3v) is 3.32. The second-order valence-electron chi connectivity index (χ2n) is 6.02. The predicted octanol–water partition coefficient (Wildman–Crippen LogP) is 3.54. The van der Waals surface area contributed by atoms with Gasteiger partial charge in [-0.3, -0.25) is 4.79 Å². The fourth-order valence-corrected chi connectivity index (χ4v) is 1.97. The van der Waals surface area contributed by atoms with Gasteiger partial charge in [0, 0.05) is 11.5 Å².